The molecule has 0 spiro atoms. The summed E-state index contributed by atoms with van der Waals surface area (Å²) in [5, 5.41) is 3.04. The van der Waals surface area contributed by atoms with Crippen molar-refractivity contribution in [3.63, 3.8) is 0 Å². The molecule has 2 saturated heterocycles. The Balaban J connectivity index is 1.57. The third-order valence-electron chi connectivity index (χ3n) is 5.35. The van der Waals surface area contributed by atoms with E-state index < -0.39 is 10.0 Å². The molecular formula is C19H29N3O4S. The van der Waals surface area contributed by atoms with E-state index in [1.165, 1.54) is 10.6 Å². The van der Waals surface area contributed by atoms with E-state index in [2.05, 4.69) is 22.3 Å². The van der Waals surface area contributed by atoms with Crippen LogP contribution in [0.1, 0.15) is 31.4 Å². The zero-order valence-corrected chi connectivity index (χ0v) is 16.9. The average Bonchev–Trinajstić information content (AvgIpc) is 2.68. The number of carbonyl (C=O) groups is 1. The highest BCUT2D eigenvalue weighted by molar-refractivity contribution is 7.88. The molecule has 27 heavy (non-hydrogen) atoms. The lowest BCUT2D eigenvalue weighted by atomic mass is 9.98. The summed E-state index contributed by atoms with van der Waals surface area (Å²) < 4.78 is 30.3. The Labute approximate surface area is 161 Å². The number of anilines is 1. The molecule has 1 aromatic carbocycles. The first-order valence-corrected chi connectivity index (χ1v) is 11.4. The Kier molecular flexibility index (Phi) is 6.39. The van der Waals surface area contributed by atoms with Crippen LogP contribution >= 0.6 is 0 Å². The Hall–Kier alpha value is -1.64. The van der Waals surface area contributed by atoms with Gasteiger partial charge < -0.3 is 15.0 Å². The van der Waals surface area contributed by atoms with Crippen LogP contribution in [-0.2, 0) is 19.6 Å². The summed E-state index contributed by atoms with van der Waals surface area (Å²) in [6.45, 7) is 6.02. The van der Waals surface area contributed by atoms with Crippen molar-refractivity contribution in [3.8, 4) is 0 Å². The number of nitrogens with zero attached hydrogens (tertiary/aromatic N) is 2. The molecule has 0 saturated carbocycles. The molecule has 150 valence electrons. The number of ether oxygens (including phenoxy) is 1. The second-order valence-corrected chi connectivity index (χ2v) is 9.36. The lowest BCUT2D eigenvalue weighted by Gasteiger charge is -2.31. The predicted octanol–water partition coefficient (Wildman–Crippen LogP) is 1.37. The third kappa shape index (κ3) is 5.21. The zero-order chi connectivity index (χ0) is 19.4. The summed E-state index contributed by atoms with van der Waals surface area (Å²) >= 11 is 0. The maximum Gasteiger partial charge on any atom is 0.224 e. The van der Waals surface area contributed by atoms with Gasteiger partial charge in [-0.15, -0.1) is 0 Å². The second-order valence-electron chi connectivity index (χ2n) is 7.38. The van der Waals surface area contributed by atoms with Crippen LogP contribution < -0.4 is 10.2 Å². The molecule has 2 atom stereocenters. The SMILES string of the molecule is CC(NC(=O)C1CCCN(S(C)(=O)=O)C1)c1ccc(N2CCOCC2)cc1. The minimum Gasteiger partial charge on any atom is -0.378 e. The van der Waals surface area contributed by atoms with Gasteiger partial charge in [0.2, 0.25) is 15.9 Å². The number of rotatable bonds is 5. The highest BCUT2D eigenvalue weighted by Gasteiger charge is 2.30. The highest BCUT2D eigenvalue weighted by atomic mass is 32.2. The number of sulfonamides is 1. The van der Waals surface area contributed by atoms with Crippen LogP contribution in [0.25, 0.3) is 0 Å². The Morgan fingerprint density at radius 1 is 1.19 bits per heavy atom. The van der Waals surface area contributed by atoms with Gasteiger partial charge in [-0.3, -0.25) is 4.79 Å². The molecule has 1 N–H and O–H groups in total. The van der Waals surface area contributed by atoms with Crippen molar-refractivity contribution in [2.45, 2.75) is 25.8 Å². The molecule has 0 aliphatic carbocycles. The van der Waals surface area contributed by atoms with Crippen molar-refractivity contribution in [3.05, 3.63) is 29.8 Å². The average molecular weight is 396 g/mol. The van der Waals surface area contributed by atoms with Crippen molar-refractivity contribution in [1.29, 1.82) is 0 Å². The molecular weight excluding hydrogens is 366 g/mol. The van der Waals surface area contributed by atoms with Gasteiger partial charge in [0.15, 0.2) is 0 Å². The first-order chi connectivity index (χ1) is 12.8. The van der Waals surface area contributed by atoms with Gasteiger partial charge >= 0.3 is 0 Å². The van der Waals surface area contributed by atoms with Gasteiger partial charge in [0.05, 0.1) is 31.4 Å². The van der Waals surface area contributed by atoms with Crippen molar-refractivity contribution in [2.75, 3.05) is 50.5 Å². The van der Waals surface area contributed by atoms with Gasteiger partial charge in [0.1, 0.15) is 0 Å². The van der Waals surface area contributed by atoms with Gasteiger partial charge in [0, 0.05) is 31.9 Å². The molecule has 2 aliphatic rings. The van der Waals surface area contributed by atoms with E-state index in [0.717, 1.165) is 44.0 Å². The van der Waals surface area contributed by atoms with Crippen LogP contribution in [0.5, 0.6) is 0 Å². The summed E-state index contributed by atoms with van der Waals surface area (Å²) in [5.41, 5.74) is 2.20. The second kappa shape index (κ2) is 8.58. The van der Waals surface area contributed by atoms with E-state index in [9.17, 15) is 13.2 Å². The fraction of sp³-hybridized carbons (Fsp3) is 0.632. The number of benzene rings is 1. The predicted molar refractivity (Wildman–Crippen MR) is 105 cm³/mol. The number of carbonyl (C=O) groups excluding carboxylic acids is 1. The first kappa shape index (κ1) is 20.1. The van der Waals surface area contributed by atoms with Crippen LogP contribution in [-0.4, -0.2) is 64.3 Å². The molecule has 2 heterocycles. The van der Waals surface area contributed by atoms with Gasteiger partial charge in [-0.2, -0.15) is 0 Å². The van der Waals surface area contributed by atoms with Crippen LogP contribution in [0.2, 0.25) is 0 Å². The molecule has 2 aliphatic heterocycles. The molecule has 2 fully saturated rings. The topological polar surface area (TPSA) is 79.0 Å². The van der Waals surface area contributed by atoms with Crippen molar-refractivity contribution >= 4 is 21.6 Å². The summed E-state index contributed by atoms with van der Waals surface area (Å²) in [5.74, 6) is -0.364. The summed E-state index contributed by atoms with van der Waals surface area (Å²) in [6.07, 6.45) is 2.64. The standard InChI is InChI=1S/C19H29N3O4S/c1-15(16-5-7-18(8-6-16)21-10-12-26-13-11-21)20-19(23)17-4-3-9-22(14-17)27(2,24)25/h5-8,15,17H,3-4,9-14H2,1-2H3,(H,20,23). The summed E-state index contributed by atoms with van der Waals surface area (Å²) in [4.78, 5) is 14.9. The fourth-order valence-corrected chi connectivity index (χ4v) is 4.58. The maximum absolute atomic E-state index is 12.6. The molecule has 0 aromatic heterocycles. The van der Waals surface area contributed by atoms with E-state index in [1.54, 1.807) is 0 Å². The normalized spacial score (nSPS) is 23.0. The molecule has 8 heteroatoms. The molecule has 1 amide bonds. The minimum atomic E-state index is -3.25. The molecule has 3 rings (SSSR count). The Morgan fingerprint density at radius 3 is 2.48 bits per heavy atom. The fourth-order valence-electron chi connectivity index (χ4n) is 3.67. The number of nitrogens with one attached hydrogen (secondary N) is 1. The van der Waals surface area contributed by atoms with E-state index in [0.29, 0.717) is 13.0 Å². The Bertz CT molecular complexity index is 745. The largest absolute Gasteiger partial charge is 0.378 e. The van der Waals surface area contributed by atoms with Crippen LogP contribution in [0, 0.1) is 5.92 Å². The number of hydrogen-bond donors (Lipinski definition) is 1. The summed E-state index contributed by atoms with van der Waals surface area (Å²) in [6, 6.07) is 8.12. The molecule has 1 aromatic rings. The smallest absolute Gasteiger partial charge is 0.224 e. The summed E-state index contributed by atoms with van der Waals surface area (Å²) in [7, 11) is -3.25. The first-order valence-electron chi connectivity index (χ1n) is 9.53. The highest BCUT2D eigenvalue weighted by Crippen LogP contribution is 2.22. The molecule has 0 bridgehead atoms. The Morgan fingerprint density at radius 2 is 1.85 bits per heavy atom. The molecule has 2 unspecified atom stereocenters. The van der Waals surface area contributed by atoms with E-state index >= 15 is 0 Å². The van der Waals surface area contributed by atoms with Crippen molar-refractivity contribution in [2.24, 2.45) is 5.92 Å². The van der Waals surface area contributed by atoms with Gasteiger partial charge in [-0.1, -0.05) is 12.1 Å². The van der Waals surface area contributed by atoms with E-state index in [4.69, 9.17) is 4.74 Å². The quantitative estimate of drug-likeness (QED) is 0.815. The monoisotopic (exact) mass is 395 g/mol. The number of morpholine rings is 1. The van der Waals surface area contributed by atoms with Gasteiger partial charge in [-0.25, -0.2) is 12.7 Å². The van der Waals surface area contributed by atoms with Crippen molar-refractivity contribution in [1.82, 2.24) is 9.62 Å². The lowest BCUT2D eigenvalue weighted by molar-refractivity contribution is -0.126. The third-order valence-corrected chi connectivity index (χ3v) is 6.62. The number of hydrogen-bond acceptors (Lipinski definition) is 5. The van der Waals surface area contributed by atoms with Gasteiger partial charge in [-0.05, 0) is 37.5 Å². The number of piperidine rings is 1. The maximum atomic E-state index is 12.6. The van der Waals surface area contributed by atoms with Crippen LogP contribution in [0.4, 0.5) is 5.69 Å². The molecule has 7 nitrogen and oxygen atoms in total. The van der Waals surface area contributed by atoms with E-state index in [-0.39, 0.29) is 24.4 Å². The minimum absolute atomic E-state index is 0.0758. The van der Waals surface area contributed by atoms with Crippen molar-refractivity contribution < 1.29 is 17.9 Å². The van der Waals surface area contributed by atoms with Crippen LogP contribution in [0.3, 0.4) is 0 Å². The lowest BCUT2D eigenvalue weighted by Crippen LogP contribution is -2.45. The van der Waals surface area contributed by atoms with Gasteiger partial charge in [0.25, 0.3) is 0 Å². The van der Waals surface area contributed by atoms with Crippen LogP contribution in [0.15, 0.2) is 24.3 Å². The van der Waals surface area contributed by atoms with E-state index in [1.807, 2.05) is 19.1 Å². The number of amides is 1. The zero-order valence-electron chi connectivity index (χ0n) is 16.1. The molecule has 0 radical (unpaired) electrons.